The van der Waals surface area contributed by atoms with Gasteiger partial charge in [0.2, 0.25) is 0 Å². The van der Waals surface area contributed by atoms with Gasteiger partial charge in [-0.2, -0.15) is 0 Å². The zero-order chi connectivity index (χ0) is 17.1. The fourth-order valence-electron chi connectivity index (χ4n) is 2.61. The van der Waals surface area contributed by atoms with Crippen molar-refractivity contribution in [3.8, 4) is 0 Å². The minimum Gasteiger partial charge on any atom is -0.462 e. The highest BCUT2D eigenvalue weighted by molar-refractivity contribution is 7.20. The van der Waals surface area contributed by atoms with E-state index in [1.165, 1.54) is 16.9 Å². The summed E-state index contributed by atoms with van der Waals surface area (Å²) in [6.07, 6.45) is 1.44. The molecule has 24 heavy (non-hydrogen) atoms. The number of carbonyl (C=O) groups excluding carboxylic acids is 1. The van der Waals surface area contributed by atoms with Gasteiger partial charge in [0.25, 0.3) is 5.56 Å². The number of H-pyrrole nitrogens is 1. The van der Waals surface area contributed by atoms with E-state index in [0.717, 1.165) is 6.42 Å². The van der Waals surface area contributed by atoms with E-state index in [0.29, 0.717) is 39.5 Å². The first-order chi connectivity index (χ1) is 11.6. The quantitative estimate of drug-likeness (QED) is 0.723. The summed E-state index contributed by atoms with van der Waals surface area (Å²) in [6.45, 7) is 3.82. The van der Waals surface area contributed by atoms with Gasteiger partial charge in [0.15, 0.2) is 0 Å². The summed E-state index contributed by atoms with van der Waals surface area (Å²) in [6, 6.07) is 10.0. The zero-order valence-electron chi connectivity index (χ0n) is 13.6. The van der Waals surface area contributed by atoms with Gasteiger partial charge >= 0.3 is 5.97 Å². The van der Waals surface area contributed by atoms with Crippen LogP contribution in [-0.2, 0) is 17.6 Å². The highest BCUT2D eigenvalue weighted by atomic mass is 32.1. The van der Waals surface area contributed by atoms with Crippen molar-refractivity contribution in [2.24, 2.45) is 0 Å². The van der Waals surface area contributed by atoms with E-state index in [1.807, 2.05) is 30.3 Å². The maximum absolute atomic E-state index is 12.4. The zero-order valence-corrected chi connectivity index (χ0v) is 14.4. The van der Waals surface area contributed by atoms with Crippen LogP contribution in [0.3, 0.4) is 0 Å². The summed E-state index contributed by atoms with van der Waals surface area (Å²) in [7, 11) is 0. The number of nitrogens with zero attached hydrogens (tertiary/aromatic N) is 1. The second-order valence-electron chi connectivity index (χ2n) is 5.46. The van der Waals surface area contributed by atoms with Crippen molar-refractivity contribution in [1.29, 1.82) is 0 Å². The lowest BCUT2D eigenvalue weighted by atomic mass is 10.1. The summed E-state index contributed by atoms with van der Waals surface area (Å²) in [5.74, 6) is 0.233. The third kappa shape index (κ3) is 3.23. The maximum Gasteiger partial charge on any atom is 0.348 e. The van der Waals surface area contributed by atoms with E-state index in [2.05, 4.69) is 9.97 Å². The Labute approximate surface area is 143 Å². The van der Waals surface area contributed by atoms with Crippen molar-refractivity contribution in [1.82, 2.24) is 9.97 Å². The monoisotopic (exact) mass is 342 g/mol. The first-order valence-electron chi connectivity index (χ1n) is 7.83. The van der Waals surface area contributed by atoms with Crippen molar-refractivity contribution in [2.75, 3.05) is 6.61 Å². The SMILES string of the molecule is CCOC(=O)c1sc2nc(CCc3ccccc3)[nH]c(=O)c2c1C. The van der Waals surface area contributed by atoms with Crippen LogP contribution in [0, 0.1) is 6.92 Å². The van der Waals surface area contributed by atoms with Gasteiger partial charge in [0, 0.05) is 6.42 Å². The Balaban J connectivity index is 1.92. The second kappa shape index (κ2) is 6.97. The molecule has 0 fully saturated rings. The van der Waals surface area contributed by atoms with Crippen LogP contribution >= 0.6 is 11.3 Å². The van der Waals surface area contributed by atoms with E-state index < -0.39 is 5.97 Å². The molecule has 1 aromatic carbocycles. The number of aryl methyl sites for hydroxylation is 3. The van der Waals surface area contributed by atoms with Gasteiger partial charge < -0.3 is 9.72 Å². The van der Waals surface area contributed by atoms with Crippen LogP contribution in [0.15, 0.2) is 35.1 Å². The molecule has 0 saturated carbocycles. The lowest BCUT2D eigenvalue weighted by Crippen LogP contribution is -2.12. The Morgan fingerprint density at radius 1 is 1.25 bits per heavy atom. The molecule has 2 heterocycles. The number of rotatable bonds is 5. The lowest BCUT2D eigenvalue weighted by Gasteiger charge is -2.02. The first-order valence-corrected chi connectivity index (χ1v) is 8.65. The van der Waals surface area contributed by atoms with Gasteiger partial charge in [-0.25, -0.2) is 9.78 Å². The molecule has 124 valence electrons. The van der Waals surface area contributed by atoms with Gasteiger partial charge in [-0.1, -0.05) is 30.3 Å². The number of thiophene rings is 1. The van der Waals surface area contributed by atoms with Crippen LogP contribution in [-0.4, -0.2) is 22.5 Å². The number of hydrogen-bond donors (Lipinski definition) is 1. The molecule has 0 unspecified atom stereocenters. The molecule has 0 atom stereocenters. The van der Waals surface area contributed by atoms with Gasteiger partial charge in [-0.3, -0.25) is 4.79 Å². The third-order valence-electron chi connectivity index (χ3n) is 3.80. The first kappa shape index (κ1) is 16.4. The molecule has 0 bridgehead atoms. The number of ether oxygens (including phenoxy) is 1. The molecule has 0 amide bonds. The maximum atomic E-state index is 12.4. The van der Waals surface area contributed by atoms with Crippen LogP contribution in [0.5, 0.6) is 0 Å². The average Bonchev–Trinajstić information content (AvgIpc) is 2.91. The molecule has 0 saturated heterocycles. The van der Waals surface area contributed by atoms with Gasteiger partial charge in [-0.15, -0.1) is 11.3 Å². The number of carbonyl (C=O) groups is 1. The van der Waals surface area contributed by atoms with Crippen LogP contribution in [0.2, 0.25) is 0 Å². The van der Waals surface area contributed by atoms with Gasteiger partial charge in [0.1, 0.15) is 15.5 Å². The summed E-state index contributed by atoms with van der Waals surface area (Å²) in [4.78, 5) is 32.8. The minimum absolute atomic E-state index is 0.202. The van der Waals surface area contributed by atoms with Crippen LogP contribution in [0.25, 0.3) is 10.2 Å². The summed E-state index contributed by atoms with van der Waals surface area (Å²) < 4.78 is 5.05. The van der Waals surface area contributed by atoms with E-state index in [9.17, 15) is 9.59 Å². The Hall–Kier alpha value is -2.47. The highest BCUT2D eigenvalue weighted by Crippen LogP contribution is 2.27. The number of hydrogen-bond acceptors (Lipinski definition) is 5. The fourth-order valence-corrected chi connectivity index (χ4v) is 3.70. The van der Waals surface area contributed by atoms with Gasteiger partial charge in [-0.05, 0) is 31.4 Å². The lowest BCUT2D eigenvalue weighted by molar-refractivity contribution is 0.0531. The molecule has 6 heteroatoms. The molecule has 1 N–H and O–H groups in total. The Morgan fingerprint density at radius 3 is 2.71 bits per heavy atom. The van der Waals surface area contributed by atoms with Crippen molar-refractivity contribution in [3.05, 3.63) is 62.5 Å². The molecule has 5 nitrogen and oxygen atoms in total. The molecule has 0 aliphatic rings. The second-order valence-corrected chi connectivity index (χ2v) is 6.45. The Kier molecular flexibility index (Phi) is 4.76. The minimum atomic E-state index is -0.400. The van der Waals surface area contributed by atoms with E-state index in [-0.39, 0.29) is 5.56 Å². The summed E-state index contributed by atoms with van der Waals surface area (Å²) in [5.41, 5.74) is 1.62. The van der Waals surface area contributed by atoms with E-state index in [1.54, 1.807) is 13.8 Å². The molecule has 0 aliphatic carbocycles. The topological polar surface area (TPSA) is 72.0 Å². The average molecular weight is 342 g/mol. The standard InChI is InChI=1S/C18H18N2O3S/c1-3-23-18(22)15-11(2)14-16(21)19-13(20-17(14)24-15)10-9-12-7-5-4-6-8-12/h4-8H,3,9-10H2,1-2H3,(H,19,20,21). The summed E-state index contributed by atoms with van der Waals surface area (Å²) in [5, 5.41) is 0.478. The predicted octanol–water partition coefficient (Wildman–Crippen LogP) is 3.25. The number of benzene rings is 1. The van der Waals surface area contributed by atoms with Crippen molar-refractivity contribution >= 4 is 27.5 Å². The predicted molar refractivity (Wildman–Crippen MR) is 94.8 cm³/mol. The van der Waals surface area contributed by atoms with Crippen LogP contribution in [0.4, 0.5) is 0 Å². The molecule has 2 aromatic heterocycles. The molecule has 3 rings (SSSR count). The van der Waals surface area contributed by atoms with E-state index in [4.69, 9.17) is 4.74 Å². The molecule has 0 spiro atoms. The highest BCUT2D eigenvalue weighted by Gasteiger charge is 2.20. The number of fused-ring (bicyclic) bond motifs is 1. The van der Waals surface area contributed by atoms with Crippen molar-refractivity contribution < 1.29 is 9.53 Å². The number of nitrogens with one attached hydrogen (secondary N) is 1. The van der Waals surface area contributed by atoms with Gasteiger partial charge in [0.05, 0.1) is 12.0 Å². The number of aromatic nitrogens is 2. The summed E-state index contributed by atoms with van der Waals surface area (Å²) >= 11 is 1.22. The van der Waals surface area contributed by atoms with Crippen LogP contribution in [0.1, 0.15) is 33.5 Å². The van der Waals surface area contributed by atoms with Crippen LogP contribution < -0.4 is 5.56 Å². The Bertz CT molecular complexity index is 929. The molecular formula is C18H18N2O3S. The number of aromatic amines is 1. The number of esters is 1. The van der Waals surface area contributed by atoms with Crippen molar-refractivity contribution in [3.63, 3.8) is 0 Å². The normalized spacial score (nSPS) is 10.9. The molecular weight excluding hydrogens is 324 g/mol. The smallest absolute Gasteiger partial charge is 0.348 e. The molecule has 0 radical (unpaired) electrons. The fraction of sp³-hybridized carbons (Fsp3) is 0.278. The molecule has 0 aliphatic heterocycles. The third-order valence-corrected chi connectivity index (χ3v) is 4.97. The largest absolute Gasteiger partial charge is 0.462 e. The van der Waals surface area contributed by atoms with E-state index >= 15 is 0 Å². The molecule has 3 aromatic rings. The van der Waals surface area contributed by atoms with Crippen molar-refractivity contribution in [2.45, 2.75) is 26.7 Å². The Morgan fingerprint density at radius 2 is 2.00 bits per heavy atom.